The monoisotopic (exact) mass is 353 g/mol. The predicted molar refractivity (Wildman–Crippen MR) is 82.1 cm³/mol. The number of amidine groups is 1. The molecule has 0 aromatic heterocycles. The van der Waals surface area contributed by atoms with Crippen LogP contribution >= 0.6 is 0 Å². The molecule has 1 fully saturated rings. The molecule has 0 spiro atoms. The Morgan fingerprint density at radius 3 is 2.75 bits per heavy atom. The average molecular weight is 353 g/mol. The second-order valence-electron chi connectivity index (χ2n) is 5.47. The van der Waals surface area contributed by atoms with E-state index in [9.17, 15) is 22.8 Å². The summed E-state index contributed by atoms with van der Waals surface area (Å²) in [5, 5.41) is 0. The zero-order valence-corrected chi connectivity index (χ0v) is 13.5. The van der Waals surface area contributed by atoms with Gasteiger partial charge in [0.2, 0.25) is 5.91 Å². The molecule has 0 aliphatic carbocycles. The van der Waals surface area contributed by atoms with Crippen LogP contribution in [0.25, 0.3) is 0 Å². The van der Waals surface area contributed by atoms with Crippen molar-refractivity contribution in [1.82, 2.24) is 9.80 Å². The van der Waals surface area contributed by atoms with Gasteiger partial charge in [0.05, 0.1) is 11.3 Å². The topological polar surface area (TPSA) is 113 Å². The summed E-state index contributed by atoms with van der Waals surface area (Å²) in [5.41, 5.74) is 0.175. The minimum Gasteiger partial charge on any atom is -0.452 e. The standard InChI is InChI=1S/C14H15N3O6S/c18-12-2-1-5-17(12)13(19)9-23-14(20)10-3-4-11-15-24(21,22)7-6-16(11)8-10/h3-4,8H,1-2,5-7,9H2. The van der Waals surface area contributed by atoms with Gasteiger partial charge in [0.15, 0.2) is 6.61 Å². The van der Waals surface area contributed by atoms with Gasteiger partial charge in [-0.3, -0.25) is 14.5 Å². The SMILES string of the molecule is O=C(OCC(=O)N1CCCC1=O)C1=CN2CCS(=O)(=O)N=C2C=C1. The van der Waals surface area contributed by atoms with Crippen LogP contribution in [0.15, 0.2) is 28.3 Å². The Morgan fingerprint density at radius 1 is 1.25 bits per heavy atom. The van der Waals surface area contributed by atoms with E-state index in [1.165, 1.54) is 23.3 Å². The van der Waals surface area contributed by atoms with Crippen LogP contribution in [-0.2, 0) is 29.1 Å². The third kappa shape index (κ3) is 3.37. The zero-order chi connectivity index (χ0) is 17.3. The highest BCUT2D eigenvalue weighted by Gasteiger charge is 2.28. The number of likely N-dealkylation sites (tertiary alicyclic amines) is 1. The summed E-state index contributed by atoms with van der Waals surface area (Å²) in [6.45, 7) is 0.0223. The normalized spacial score (nSPS) is 21.9. The number of amides is 2. The van der Waals surface area contributed by atoms with Crippen molar-refractivity contribution in [2.24, 2.45) is 4.40 Å². The number of carbonyl (C=O) groups is 3. The molecule has 3 rings (SSSR count). The van der Waals surface area contributed by atoms with Gasteiger partial charge in [-0.25, -0.2) is 13.2 Å². The highest BCUT2D eigenvalue weighted by Crippen LogP contribution is 2.17. The van der Waals surface area contributed by atoms with E-state index in [1.54, 1.807) is 0 Å². The Morgan fingerprint density at radius 2 is 2.04 bits per heavy atom. The molecule has 0 bridgehead atoms. The molecule has 0 unspecified atom stereocenters. The maximum absolute atomic E-state index is 12.0. The quantitative estimate of drug-likeness (QED) is 0.609. The van der Waals surface area contributed by atoms with Crippen LogP contribution in [0, 0.1) is 0 Å². The summed E-state index contributed by atoms with van der Waals surface area (Å²) in [6.07, 6.45) is 5.16. The number of rotatable bonds is 3. The van der Waals surface area contributed by atoms with Gasteiger partial charge in [0.25, 0.3) is 15.9 Å². The molecule has 3 heterocycles. The van der Waals surface area contributed by atoms with Gasteiger partial charge in [0.1, 0.15) is 5.84 Å². The summed E-state index contributed by atoms with van der Waals surface area (Å²) >= 11 is 0. The van der Waals surface area contributed by atoms with E-state index in [2.05, 4.69) is 4.40 Å². The van der Waals surface area contributed by atoms with E-state index in [0.717, 1.165) is 4.90 Å². The molecule has 0 aromatic carbocycles. The molecule has 10 heteroatoms. The van der Waals surface area contributed by atoms with Crippen molar-refractivity contribution < 1.29 is 27.5 Å². The first-order valence-corrected chi connectivity index (χ1v) is 8.96. The number of imide groups is 1. The van der Waals surface area contributed by atoms with E-state index >= 15 is 0 Å². The van der Waals surface area contributed by atoms with Crippen molar-refractivity contribution in [3.63, 3.8) is 0 Å². The van der Waals surface area contributed by atoms with E-state index < -0.39 is 28.5 Å². The molecule has 128 valence electrons. The van der Waals surface area contributed by atoms with Crippen molar-refractivity contribution >= 4 is 33.6 Å². The first kappa shape index (κ1) is 16.4. The van der Waals surface area contributed by atoms with E-state index in [0.29, 0.717) is 19.4 Å². The summed E-state index contributed by atoms with van der Waals surface area (Å²) in [6, 6.07) is 0. The lowest BCUT2D eigenvalue weighted by atomic mass is 10.2. The van der Waals surface area contributed by atoms with Crippen molar-refractivity contribution in [3.8, 4) is 0 Å². The number of sulfonamides is 1. The zero-order valence-electron chi connectivity index (χ0n) is 12.7. The fourth-order valence-electron chi connectivity index (χ4n) is 2.52. The molecule has 0 radical (unpaired) electrons. The fourth-order valence-corrected chi connectivity index (χ4v) is 3.49. The average Bonchev–Trinajstić information content (AvgIpc) is 2.97. The van der Waals surface area contributed by atoms with Crippen LogP contribution in [0.5, 0.6) is 0 Å². The number of esters is 1. The van der Waals surface area contributed by atoms with Crippen LogP contribution in [0.1, 0.15) is 12.8 Å². The lowest BCUT2D eigenvalue weighted by molar-refractivity contribution is -0.152. The Bertz CT molecular complexity index is 795. The highest BCUT2D eigenvalue weighted by atomic mass is 32.2. The van der Waals surface area contributed by atoms with Crippen molar-refractivity contribution in [3.05, 3.63) is 23.9 Å². The van der Waals surface area contributed by atoms with Gasteiger partial charge in [-0.15, -0.1) is 4.40 Å². The van der Waals surface area contributed by atoms with Crippen LogP contribution < -0.4 is 0 Å². The maximum atomic E-state index is 12.0. The first-order chi connectivity index (χ1) is 11.4. The molecule has 9 nitrogen and oxygen atoms in total. The summed E-state index contributed by atoms with van der Waals surface area (Å²) in [5.74, 6) is -1.44. The molecule has 0 atom stereocenters. The third-order valence-electron chi connectivity index (χ3n) is 3.76. The molecule has 3 aliphatic heterocycles. The third-order valence-corrected chi connectivity index (χ3v) is 4.92. The Balaban J connectivity index is 1.61. The van der Waals surface area contributed by atoms with Gasteiger partial charge in [-0.05, 0) is 18.6 Å². The summed E-state index contributed by atoms with van der Waals surface area (Å²) in [7, 11) is -3.46. The van der Waals surface area contributed by atoms with Crippen molar-refractivity contribution in [1.29, 1.82) is 0 Å². The molecular weight excluding hydrogens is 338 g/mol. The summed E-state index contributed by atoms with van der Waals surface area (Å²) in [4.78, 5) is 37.9. The van der Waals surface area contributed by atoms with E-state index in [4.69, 9.17) is 4.74 Å². The van der Waals surface area contributed by atoms with E-state index in [-0.39, 0.29) is 29.6 Å². The lowest BCUT2D eigenvalue weighted by Crippen LogP contribution is -2.37. The minimum atomic E-state index is -3.46. The molecule has 1 saturated heterocycles. The Hall–Kier alpha value is -2.49. The second-order valence-corrected chi connectivity index (χ2v) is 7.22. The molecular formula is C14H15N3O6S. The molecule has 0 N–H and O–H groups in total. The fraction of sp³-hybridized carbons (Fsp3) is 0.429. The van der Waals surface area contributed by atoms with Crippen molar-refractivity contribution in [2.75, 3.05) is 25.4 Å². The minimum absolute atomic E-state index is 0.140. The van der Waals surface area contributed by atoms with Crippen molar-refractivity contribution in [2.45, 2.75) is 12.8 Å². The number of carbonyl (C=O) groups excluding carboxylic acids is 3. The number of hydrogen-bond donors (Lipinski definition) is 0. The predicted octanol–water partition coefficient (Wildman–Crippen LogP) is -0.824. The molecule has 0 saturated carbocycles. The smallest absolute Gasteiger partial charge is 0.340 e. The lowest BCUT2D eigenvalue weighted by Gasteiger charge is -2.26. The van der Waals surface area contributed by atoms with Gasteiger partial charge >= 0.3 is 5.97 Å². The van der Waals surface area contributed by atoms with Crippen LogP contribution in [-0.4, -0.2) is 67.3 Å². The maximum Gasteiger partial charge on any atom is 0.340 e. The van der Waals surface area contributed by atoms with Crippen LogP contribution in [0.2, 0.25) is 0 Å². The summed E-state index contributed by atoms with van der Waals surface area (Å²) < 4.78 is 31.4. The molecule has 0 aromatic rings. The number of fused-ring (bicyclic) bond motifs is 1. The Labute approximate surface area is 138 Å². The molecule has 24 heavy (non-hydrogen) atoms. The number of ether oxygens (including phenoxy) is 1. The van der Waals surface area contributed by atoms with Crippen LogP contribution in [0.3, 0.4) is 0 Å². The molecule has 2 amide bonds. The van der Waals surface area contributed by atoms with Gasteiger partial charge < -0.3 is 9.64 Å². The van der Waals surface area contributed by atoms with E-state index in [1.807, 2.05) is 0 Å². The first-order valence-electron chi connectivity index (χ1n) is 7.35. The molecule has 3 aliphatic rings. The van der Waals surface area contributed by atoms with Crippen LogP contribution in [0.4, 0.5) is 0 Å². The largest absolute Gasteiger partial charge is 0.452 e. The van der Waals surface area contributed by atoms with Gasteiger partial charge in [-0.2, -0.15) is 0 Å². The van der Waals surface area contributed by atoms with Gasteiger partial charge in [-0.1, -0.05) is 0 Å². The second kappa shape index (κ2) is 6.19. The van der Waals surface area contributed by atoms with Gasteiger partial charge in [0, 0.05) is 25.7 Å². The number of hydrogen-bond acceptors (Lipinski definition) is 7. The highest BCUT2D eigenvalue weighted by molar-refractivity contribution is 7.90. The Kier molecular flexibility index (Phi) is 4.22. The number of nitrogens with zero attached hydrogens (tertiary/aromatic N) is 3.